The summed E-state index contributed by atoms with van der Waals surface area (Å²) in [6, 6.07) is 24.9. The van der Waals surface area contributed by atoms with Gasteiger partial charge in [-0.25, -0.2) is 0 Å². The molecule has 2 aliphatic heterocycles. The van der Waals surface area contributed by atoms with Crippen LogP contribution in [0.3, 0.4) is 0 Å². The molecule has 12 heteroatoms. The molecule has 7 aromatic rings. The summed E-state index contributed by atoms with van der Waals surface area (Å²) in [5, 5.41) is 32.4. The van der Waals surface area contributed by atoms with E-state index in [1.807, 2.05) is 24.3 Å². The monoisotopic (exact) mass is 664 g/mol. The highest BCUT2D eigenvalue weighted by Gasteiger charge is 2.41. The summed E-state index contributed by atoms with van der Waals surface area (Å²) in [4.78, 5) is 4.26. The number of aryl methyl sites for hydroxylation is 4. The van der Waals surface area contributed by atoms with Crippen LogP contribution in [0.15, 0.2) is 72.8 Å². The van der Waals surface area contributed by atoms with E-state index in [-0.39, 0.29) is 11.8 Å². The lowest BCUT2D eigenvalue weighted by molar-refractivity contribution is 0.414. The van der Waals surface area contributed by atoms with Crippen molar-refractivity contribution in [1.82, 2.24) is 40.8 Å². The second kappa shape index (κ2) is 11.1. The summed E-state index contributed by atoms with van der Waals surface area (Å²) < 4.78 is 10.9. The maximum absolute atomic E-state index is 5.45. The molecule has 6 heterocycles. The molecule has 0 unspecified atom stereocenters. The molecular formula is C38H36N10O2. The number of hydrogen-bond donors (Lipinski definition) is 4. The number of anilines is 6. The normalized spacial score (nSPS) is 14.0. The number of aromatic nitrogens is 8. The third kappa shape index (κ3) is 4.24. The fourth-order valence-electron chi connectivity index (χ4n) is 7.75. The number of nitrogens with zero attached hydrogens (tertiary/aromatic N) is 6. The van der Waals surface area contributed by atoms with Gasteiger partial charge >= 0.3 is 0 Å². The van der Waals surface area contributed by atoms with Gasteiger partial charge in [0.1, 0.15) is 11.5 Å². The van der Waals surface area contributed by atoms with Gasteiger partial charge in [0.2, 0.25) is 0 Å². The molecular weight excluding hydrogens is 628 g/mol. The van der Waals surface area contributed by atoms with Crippen LogP contribution in [0.5, 0.6) is 11.5 Å². The van der Waals surface area contributed by atoms with E-state index in [0.29, 0.717) is 0 Å². The molecule has 12 nitrogen and oxygen atoms in total. The molecule has 0 spiro atoms. The molecule has 0 fully saturated rings. The maximum Gasteiger partial charge on any atom is 0.165 e. The fraction of sp³-hybridized carbons (Fsp3) is 0.211. The van der Waals surface area contributed by atoms with Crippen LogP contribution >= 0.6 is 0 Å². The Kier molecular flexibility index (Phi) is 6.63. The number of benzene rings is 3. The van der Waals surface area contributed by atoms with Crippen molar-refractivity contribution < 1.29 is 9.47 Å². The molecule has 0 radical (unpaired) electrons. The molecule has 50 heavy (non-hydrogen) atoms. The van der Waals surface area contributed by atoms with Gasteiger partial charge < -0.3 is 9.47 Å². The zero-order chi connectivity index (χ0) is 34.3. The first-order valence-electron chi connectivity index (χ1n) is 16.6. The SMILES string of the molecule is COc1ccc(C2c3c(n[nH]c3C)N(c3ccc(N4c5n[nH]c(C)c5C(c5ccc(OC)cc5)c5c4n[nH]c5C)cc3)c3n[nH]c(C)c32)cc1. The average Bonchev–Trinajstić information content (AvgIpc) is 3.93. The van der Waals surface area contributed by atoms with Crippen molar-refractivity contribution in [3.05, 3.63) is 129 Å². The number of aromatic amines is 4. The number of H-pyrrole nitrogens is 4. The summed E-state index contributed by atoms with van der Waals surface area (Å²) in [5.41, 5.74) is 12.7. The largest absolute Gasteiger partial charge is 0.497 e. The second-order valence-electron chi connectivity index (χ2n) is 12.9. The number of ether oxygens (including phenoxy) is 2. The number of nitrogens with one attached hydrogen (secondary N) is 4. The molecule has 0 amide bonds. The molecule has 250 valence electrons. The third-order valence-corrected chi connectivity index (χ3v) is 10.2. The second-order valence-corrected chi connectivity index (χ2v) is 12.9. The van der Waals surface area contributed by atoms with Crippen LogP contribution in [0.1, 0.15) is 68.0 Å². The van der Waals surface area contributed by atoms with Gasteiger partial charge in [-0.05, 0) is 87.4 Å². The van der Waals surface area contributed by atoms with Crippen LogP contribution in [0.25, 0.3) is 0 Å². The highest BCUT2D eigenvalue weighted by atomic mass is 16.5. The van der Waals surface area contributed by atoms with Gasteiger partial charge in [-0.1, -0.05) is 24.3 Å². The Bertz CT molecular complexity index is 2100. The first-order valence-corrected chi connectivity index (χ1v) is 16.6. The van der Waals surface area contributed by atoms with E-state index in [0.717, 1.165) is 102 Å². The zero-order valence-electron chi connectivity index (χ0n) is 28.6. The van der Waals surface area contributed by atoms with Gasteiger partial charge in [0.05, 0.1) is 14.2 Å². The van der Waals surface area contributed by atoms with Gasteiger partial charge in [-0.15, -0.1) is 0 Å². The van der Waals surface area contributed by atoms with Crippen LogP contribution in [-0.2, 0) is 0 Å². The van der Waals surface area contributed by atoms with Gasteiger partial charge in [0, 0.05) is 68.2 Å². The van der Waals surface area contributed by atoms with Crippen LogP contribution < -0.4 is 19.3 Å². The van der Waals surface area contributed by atoms with E-state index in [1.165, 1.54) is 0 Å². The molecule has 0 saturated heterocycles. The van der Waals surface area contributed by atoms with Crippen molar-refractivity contribution in [3.8, 4) is 11.5 Å². The predicted octanol–water partition coefficient (Wildman–Crippen LogP) is 7.76. The van der Waals surface area contributed by atoms with E-state index < -0.39 is 0 Å². The number of fused-ring (bicyclic) bond motifs is 4. The van der Waals surface area contributed by atoms with Gasteiger partial charge in [-0.3, -0.25) is 30.2 Å². The van der Waals surface area contributed by atoms with Crippen molar-refractivity contribution in [2.75, 3.05) is 24.0 Å². The Balaban J connectivity index is 1.13. The Morgan fingerprint density at radius 3 is 0.980 bits per heavy atom. The lowest BCUT2D eigenvalue weighted by Crippen LogP contribution is -2.23. The van der Waals surface area contributed by atoms with Crippen LogP contribution in [0, 0.1) is 27.7 Å². The highest BCUT2D eigenvalue weighted by molar-refractivity contribution is 5.86. The lowest BCUT2D eigenvalue weighted by atomic mass is 9.82. The van der Waals surface area contributed by atoms with Crippen LogP contribution in [0.4, 0.5) is 34.6 Å². The molecule has 0 bridgehead atoms. The van der Waals surface area contributed by atoms with E-state index in [4.69, 9.17) is 29.9 Å². The minimum Gasteiger partial charge on any atom is -0.497 e. The van der Waals surface area contributed by atoms with E-state index in [9.17, 15) is 0 Å². The minimum atomic E-state index is -0.0476. The Hall–Kier alpha value is -6.30. The van der Waals surface area contributed by atoms with Crippen LogP contribution in [-0.4, -0.2) is 55.0 Å². The Labute approximate surface area is 288 Å². The maximum atomic E-state index is 5.45. The molecule has 3 aromatic carbocycles. The minimum absolute atomic E-state index is 0.0476. The predicted molar refractivity (Wildman–Crippen MR) is 191 cm³/mol. The van der Waals surface area contributed by atoms with Crippen molar-refractivity contribution in [1.29, 1.82) is 0 Å². The Morgan fingerprint density at radius 1 is 0.440 bits per heavy atom. The molecule has 0 saturated carbocycles. The summed E-state index contributed by atoms with van der Waals surface area (Å²) >= 11 is 0. The molecule has 4 aromatic heterocycles. The molecule has 0 aliphatic carbocycles. The van der Waals surface area contributed by atoms with Crippen molar-refractivity contribution in [2.45, 2.75) is 39.5 Å². The highest BCUT2D eigenvalue weighted by Crippen LogP contribution is 2.54. The number of methoxy groups -OCH3 is 2. The van der Waals surface area contributed by atoms with Crippen molar-refractivity contribution in [3.63, 3.8) is 0 Å². The topological polar surface area (TPSA) is 140 Å². The number of rotatable bonds is 6. The zero-order valence-corrected chi connectivity index (χ0v) is 28.6. The first-order chi connectivity index (χ1) is 24.4. The Morgan fingerprint density at radius 2 is 0.720 bits per heavy atom. The van der Waals surface area contributed by atoms with Crippen molar-refractivity contribution >= 4 is 34.6 Å². The number of hydrogen-bond acceptors (Lipinski definition) is 8. The smallest absolute Gasteiger partial charge is 0.165 e. The van der Waals surface area contributed by atoms with Gasteiger partial charge in [0.25, 0.3) is 0 Å². The van der Waals surface area contributed by atoms with E-state index in [2.05, 4.69) is 106 Å². The third-order valence-electron chi connectivity index (χ3n) is 10.2. The summed E-state index contributed by atoms with van der Waals surface area (Å²) in [7, 11) is 3.37. The van der Waals surface area contributed by atoms with Crippen LogP contribution in [0.2, 0.25) is 0 Å². The van der Waals surface area contributed by atoms with E-state index in [1.54, 1.807) is 14.2 Å². The van der Waals surface area contributed by atoms with Gasteiger partial charge in [0.15, 0.2) is 23.3 Å². The molecule has 2 aliphatic rings. The molecule has 0 atom stereocenters. The molecule has 9 rings (SSSR count). The van der Waals surface area contributed by atoms with E-state index >= 15 is 0 Å². The fourth-order valence-corrected chi connectivity index (χ4v) is 7.75. The van der Waals surface area contributed by atoms with Crippen molar-refractivity contribution in [2.24, 2.45) is 0 Å². The summed E-state index contributed by atoms with van der Waals surface area (Å²) in [6.45, 7) is 8.30. The quantitative estimate of drug-likeness (QED) is 0.141. The summed E-state index contributed by atoms with van der Waals surface area (Å²) in [6.07, 6.45) is 0. The summed E-state index contributed by atoms with van der Waals surface area (Å²) in [5.74, 6) is 4.84. The first kappa shape index (κ1) is 29.8. The van der Waals surface area contributed by atoms with Gasteiger partial charge in [-0.2, -0.15) is 20.4 Å². The average molecular weight is 665 g/mol. The lowest BCUT2D eigenvalue weighted by Gasteiger charge is -2.34. The molecule has 4 N–H and O–H groups in total. The standard InChI is InChI=1S/C38H36N10O2/c1-19-29-33(23-7-15-27(49-5)16-8-23)30-20(2)40-44-36(30)47(35(29)43-39-19)25-11-13-26(14-12-25)48-37-31(21(3)41-45-37)34(32-22(4)42-46-38(32)48)24-9-17-28(50-6)18-10-24/h7-18,33-34H,1-6H3,(H,39,43)(H,40,44)(H,41,45)(H,42,46).